The van der Waals surface area contributed by atoms with Gasteiger partial charge < -0.3 is 18.8 Å². The van der Waals surface area contributed by atoms with Crippen molar-refractivity contribution in [2.75, 3.05) is 27.6 Å². The number of halogens is 1. The molecule has 35 heavy (non-hydrogen) atoms. The summed E-state index contributed by atoms with van der Waals surface area (Å²) in [7, 11) is 3.01. The van der Waals surface area contributed by atoms with Gasteiger partial charge in [-0.05, 0) is 80.9 Å². The summed E-state index contributed by atoms with van der Waals surface area (Å²) in [5.74, 6) is -0.412. The van der Waals surface area contributed by atoms with Crippen LogP contribution < -0.4 is 4.72 Å². The van der Waals surface area contributed by atoms with E-state index >= 15 is 0 Å². The van der Waals surface area contributed by atoms with Gasteiger partial charge in [0.05, 0.1) is 25.2 Å². The highest BCUT2D eigenvalue weighted by Crippen LogP contribution is 2.48. The number of rotatable bonds is 13. The van der Waals surface area contributed by atoms with Crippen LogP contribution in [0.1, 0.15) is 71.9 Å². The first-order valence-electron chi connectivity index (χ1n) is 12.4. The summed E-state index contributed by atoms with van der Waals surface area (Å²) >= 11 is 5.40. The minimum atomic E-state index is -1.36. The number of carbonyl (C=O) groups is 1. The van der Waals surface area contributed by atoms with E-state index in [4.69, 9.17) is 25.8 Å². The second-order valence-corrected chi connectivity index (χ2v) is 13.5. The number of benzene rings is 1. The molecule has 1 aliphatic carbocycles. The number of hydrogen-bond acceptors (Lipinski definition) is 6. The lowest BCUT2D eigenvalue weighted by atomic mass is 9.62. The first-order valence-corrected chi connectivity index (χ1v) is 14.0. The maximum Gasteiger partial charge on any atom is 0.311 e. The van der Waals surface area contributed by atoms with Crippen LogP contribution in [-0.4, -0.2) is 43.4 Å². The molecule has 0 spiro atoms. The molecular weight excluding hydrogens is 486 g/mol. The molecule has 8 heteroatoms. The number of nitrogens with one attached hydrogen (secondary N) is 1. The lowest BCUT2D eigenvalue weighted by Gasteiger charge is -2.46. The van der Waals surface area contributed by atoms with Crippen LogP contribution >= 0.6 is 11.6 Å². The fourth-order valence-electron chi connectivity index (χ4n) is 4.73. The zero-order valence-corrected chi connectivity index (χ0v) is 24.2. The van der Waals surface area contributed by atoms with Crippen LogP contribution in [0.25, 0.3) is 0 Å². The summed E-state index contributed by atoms with van der Waals surface area (Å²) < 4.78 is 32.1. The summed E-state index contributed by atoms with van der Waals surface area (Å²) in [4.78, 5) is 13.2. The van der Waals surface area contributed by atoms with Crippen LogP contribution in [0, 0.1) is 23.2 Å². The fraction of sp³-hybridized carbons (Fsp3) is 0.741. The summed E-state index contributed by atoms with van der Waals surface area (Å²) in [6, 6.07) is 5.98. The largest absolute Gasteiger partial charge is 0.598 e. The van der Waals surface area contributed by atoms with Crippen molar-refractivity contribution in [3.05, 3.63) is 34.3 Å². The molecule has 1 aromatic rings. The van der Waals surface area contributed by atoms with Gasteiger partial charge in [0, 0.05) is 23.5 Å². The van der Waals surface area contributed by atoms with Crippen LogP contribution in [0.15, 0.2) is 18.2 Å². The first-order chi connectivity index (χ1) is 16.3. The number of carbonyl (C=O) groups excluding carboxylic acids is 1. The molecule has 6 nitrogen and oxygen atoms in total. The van der Waals surface area contributed by atoms with Gasteiger partial charge >= 0.3 is 5.97 Å². The van der Waals surface area contributed by atoms with Crippen molar-refractivity contribution in [3.63, 3.8) is 0 Å². The van der Waals surface area contributed by atoms with Gasteiger partial charge in [0.15, 0.2) is 0 Å². The van der Waals surface area contributed by atoms with Gasteiger partial charge in [-0.3, -0.25) is 4.79 Å². The predicted molar refractivity (Wildman–Crippen MR) is 143 cm³/mol. The fourth-order valence-corrected chi connectivity index (χ4v) is 5.91. The highest BCUT2D eigenvalue weighted by Gasteiger charge is 2.52. The van der Waals surface area contributed by atoms with Crippen LogP contribution in [0.2, 0.25) is 5.02 Å². The minimum Gasteiger partial charge on any atom is -0.598 e. The summed E-state index contributed by atoms with van der Waals surface area (Å²) in [5, 5.41) is 0.545. The van der Waals surface area contributed by atoms with E-state index in [1.807, 2.05) is 39.0 Å². The molecule has 1 saturated carbocycles. The molecule has 1 N–H and O–H groups in total. The Morgan fingerprint density at radius 2 is 1.89 bits per heavy atom. The molecule has 0 aliphatic heterocycles. The lowest BCUT2D eigenvalue weighted by molar-refractivity contribution is -0.155. The molecule has 0 aromatic heterocycles. The normalized spacial score (nSPS) is 21.8. The Bertz CT molecular complexity index is 824. The van der Waals surface area contributed by atoms with E-state index in [1.165, 1.54) is 7.11 Å². The average Bonchev–Trinajstić information content (AvgIpc) is 2.75. The number of ether oxygens (including phenoxy) is 3. The smallest absolute Gasteiger partial charge is 0.311 e. The van der Waals surface area contributed by atoms with E-state index in [0.29, 0.717) is 17.5 Å². The van der Waals surface area contributed by atoms with Gasteiger partial charge in [-0.25, -0.2) is 0 Å². The molecule has 0 bridgehead atoms. The Morgan fingerprint density at radius 3 is 2.40 bits per heavy atom. The molecule has 0 radical (unpaired) electrons. The Morgan fingerprint density at radius 1 is 1.23 bits per heavy atom. The maximum atomic E-state index is 13.2. The van der Waals surface area contributed by atoms with Crippen molar-refractivity contribution >= 4 is 28.9 Å². The maximum absolute atomic E-state index is 13.2. The van der Waals surface area contributed by atoms with Crippen molar-refractivity contribution in [2.24, 2.45) is 23.2 Å². The minimum absolute atomic E-state index is 0.0691. The first kappa shape index (κ1) is 30.4. The van der Waals surface area contributed by atoms with E-state index in [9.17, 15) is 9.35 Å². The van der Waals surface area contributed by atoms with Crippen LogP contribution in [-0.2, 0) is 42.3 Å². The molecular formula is C27H44ClNO5S. The highest BCUT2D eigenvalue weighted by molar-refractivity contribution is 7.90. The second kappa shape index (κ2) is 13.1. The standard InChI is InChI=1S/C27H44ClNO5S/c1-18(2)35(31)29-27(6,22-10-9-20(23(28)15-22)11-12-26(3,4)5)24(25(30)33-8)21-13-19(14-21)16-34-17-32-7/h9-10,15,18-19,21,24,29H,11-14,16-17H2,1-8H3/t19?,21?,24?,27-,35?/m0/s1. The van der Waals surface area contributed by atoms with Gasteiger partial charge in [0.2, 0.25) is 0 Å². The Labute approximate surface area is 220 Å². The van der Waals surface area contributed by atoms with E-state index in [1.54, 1.807) is 7.11 Å². The zero-order valence-electron chi connectivity index (χ0n) is 22.6. The number of aryl methyl sites for hydroxylation is 1. The monoisotopic (exact) mass is 529 g/mol. The summed E-state index contributed by atoms with van der Waals surface area (Å²) in [6.45, 7) is 13.2. The van der Waals surface area contributed by atoms with Gasteiger partial charge in [0.25, 0.3) is 0 Å². The third-order valence-electron chi connectivity index (χ3n) is 6.91. The van der Waals surface area contributed by atoms with Gasteiger partial charge in [-0.1, -0.05) is 44.5 Å². The van der Waals surface area contributed by atoms with Crippen LogP contribution in [0.3, 0.4) is 0 Å². The SMILES string of the molecule is COCOCC1CC(C(C(=O)OC)[C@@](C)(N[S+]([O-])C(C)C)c2ccc(CCC(C)(C)C)c(Cl)c2)C1. The number of methoxy groups -OCH3 is 2. The Kier molecular flexibility index (Phi) is 11.4. The summed E-state index contributed by atoms with van der Waals surface area (Å²) in [5.41, 5.74) is 1.20. The van der Waals surface area contributed by atoms with Crippen molar-refractivity contribution in [3.8, 4) is 0 Å². The molecule has 2 rings (SSSR count). The zero-order chi connectivity index (χ0) is 26.4. The molecule has 1 aliphatic rings. The van der Waals surface area contributed by atoms with Crippen molar-refractivity contribution < 1.29 is 23.6 Å². The topological polar surface area (TPSA) is 79.9 Å². The highest BCUT2D eigenvalue weighted by atomic mass is 35.5. The van der Waals surface area contributed by atoms with Crippen molar-refractivity contribution in [1.29, 1.82) is 0 Å². The Hall–Kier alpha value is -0.830. The van der Waals surface area contributed by atoms with Crippen molar-refractivity contribution in [2.45, 2.75) is 78.0 Å². The van der Waals surface area contributed by atoms with E-state index in [0.717, 1.165) is 36.8 Å². The predicted octanol–water partition coefficient (Wildman–Crippen LogP) is 5.63. The summed E-state index contributed by atoms with van der Waals surface area (Å²) in [6.07, 6.45) is 3.54. The third-order valence-corrected chi connectivity index (χ3v) is 8.75. The molecule has 1 fully saturated rings. The molecule has 0 amide bonds. The van der Waals surface area contributed by atoms with Crippen LogP contribution in [0.5, 0.6) is 0 Å². The number of esters is 1. The van der Waals surface area contributed by atoms with Gasteiger partial charge in [0.1, 0.15) is 12.0 Å². The molecule has 1 aromatic carbocycles. The lowest BCUT2D eigenvalue weighted by Crippen LogP contribution is -2.57. The molecule has 2 unspecified atom stereocenters. The van der Waals surface area contributed by atoms with Crippen LogP contribution in [0.4, 0.5) is 0 Å². The molecule has 3 atom stereocenters. The average molecular weight is 530 g/mol. The van der Waals surface area contributed by atoms with Gasteiger partial charge in [-0.2, -0.15) is 0 Å². The molecule has 0 heterocycles. The molecule has 0 saturated heterocycles. The van der Waals surface area contributed by atoms with Crippen molar-refractivity contribution in [1.82, 2.24) is 4.72 Å². The third kappa shape index (κ3) is 8.34. The molecule has 200 valence electrons. The van der Waals surface area contributed by atoms with E-state index in [-0.39, 0.29) is 29.3 Å². The van der Waals surface area contributed by atoms with Gasteiger partial charge in [-0.15, -0.1) is 4.72 Å². The van der Waals surface area contributed by atoms with E-state index in [2.05, 4.69) is 25.5 Å². The second-order valence-electron chi connectivity index (χ2n) is 11.4. The van der Waals surface area contributed by atoms with E-state index < -0.39 is 22.8 Å². The Balaban J connectivity index is 2.38. The quantitative estimate of drug-likeness (QED) is 0.154. The number of hydrogen-bond donors (Lipinski definition) is 1.